The first-order valence-electron chi connectivity index (χ1n) is 18.5. The maximum Gasteiger partial charge on any atom is 0.158 e. The van der Waals surface area contributed by atoms with Gasteiger partial charge in [0, 0.05) is 58.2 Å². The molecule has 0 radical (unpaired) electrons. The predicted molar refractivity (Wildman–Crippen MR) is 270 cm³/mol. The molecule has 0 bridgehead atoms. The molecule has 4 aliphatic rings. The van der Waals surface area contributed by atoms with Crippen molar-refractivity contribution in [3.8, 4) is 0 Å². The molecule has 0 amide bonds. The Bertz CT molecular complexity index is 2010. The van der Waals surface area contributed by atoms with Crippen LogP contribution in [0.5, 0.6) is 0 Å². The molecule has 13 N–H and O–H groups in total. The Hall–Kier alpha value is -2.47. The van der Waals surface area contributed by atoms with Crippen LogP contribution in [0.3, 0.4) is 0 Å². The van der Waals surface area contributed by atoms with Crippen LogP contribution in [0.2, 0.25) is 15.2 Å². The number of rotatable bonds is 5. The third-order valence-corrected chi connectivity index (χ3v) is 14.4. The van der Waals surface area contributed by atoms with Crippen LogP contribution in [0, 0.1) is 10.8 Å². The van der Waals surface area contributed by atoms with E-state index in [0.29, 0.717) is 36.2 Å². The Kier molecular flexibility index (Phi) is 23.5. The van der Waals surface area contributed by atoms with E-state index in [0.717, 1.165) is 62.9 Å². The lowest BCUT2D eigenvalue weighted by molar-refractivity contribution is 0.0952. The van der Waals surface area contributed by atoms with Gasteiger partial charge in [0.25, 0.3) is 0 Å². The highest BCUT2D eigenvalue weighted by Gasteiger charge is 2.48. The van der Waals surface area contributed by atoms with Gasteiger partial charge < -0.3 is 54.1 Å². The molecule has 348 valence electrons. The number of aromatic nitrogens is 6. The largest absolute Gasteiger partial charge is 0.382 e. The number of ether oxygens (including phenoxy) is 2. The van der Waals surface area contributed by atoms with Gasteiger partial charge in [-0.05, 0) is 64.8 Å². The first-order valence-corrected chi connectivity index (χ1v) is 21.2. The zero-order valence-electron chi connectivity index (χ0n) is 32.7. The normalized spacial score (nSPS) is 21.6. The maximum atomic E-state index is 6.39. The number of anilines is 5. The summed E-state index contributed by atoms with van der Waals surface area (Å²) in [6.07, 6.45) is 11.0. The molecular weight excluding hydrogens is 931 g/mol. The van der Waals surface area contributed by atoms with Gasteiger partial charge in [-0.15, -0.1) is 0 Å². The summed E-state index contributed by atoms with van der Waals surface area (Å²) in [4.78, 5) is 28.5. The second kappa shape index (κ2) is 25.3. The number of hydrogen-bond acceptors (Lipinski definition) is 18. The summed E-state index contributed by atoms with van der Waals surface area (Å²) in [5.74, 6) is 1.92. The lowest BCUT2D eigenvalue weighted by Gasteiger charge is -2.41. The highest BCUT2D eigenvalue weighted by atomic mass is 35.5. The highest BCUT2D eigenvalue weighted by molar-refractivity contribution is 7.99. The van der Waals surface area contributed by atoms with Crippen molar-refractivity contribution >= 4 is 114 Å². The molecular formula is C39H65Cl3N14O2S4. The molecule has 4 aromatic rings. The average Bonchev–Trinajstić information content (AvgIpc) is 3.63. The quantitative estimate of drug-likeness (QED) is 0.107. The molecule has 4 fully saturated rings. The zero-order chi connectivity index (χ0) is 40.9. The minimum Gasteiger partial charge on any atom is -0.382 e. The fraction of sp³-hybridized carbons (Fsp3) is 0.538. The fourth-order valence-electron chi connectivity index (χ4n) is 7.36. The topological polar surface area (TPSA) is 267 Å². The number of pyridine rings is 2. The smallest absolute Gasteiger partial charge is 0.158 e. The Morgan fingerprint density at radius 2 is 1.10 bits per heavy atom. The Morgan fingerprint density at radius 1 is 0.661 bits per heavy atom. The van der Waals surface area contributed by atoms with Crippen molar-refractivity contribution in [3.63, 3.8) is 0 Å². The first-order chi connectivity index (χ1) is 27.2. The molecule has 4 aromatic heterocycles. The van der Waals surface area contributed by atoms with Crippen LogP contribution in [0.4, 0.5) is 29.1 Å². The maximum absolute atomic E-state index is 6.39. The fourth-order valence-corrected chi connectivity index (χ4v) is 9.53. The van der Waals surface area contributed by atoms with Crippen LogP contribution in [0.15, 0.2) is 56.8 Å². The first kappa shape index (κ1) is 57.5. The molecule has 4 saturated heterocycles. The number of nitrogens with zero attached hydrogens (tertiary/aromatic N) is 7. The van der Waals surface area contributed by atoms with Crippen molar-refractivity contribution in [2.24, 2.45) is 22.3 Å². The molecule has 0 saturated carbocycles. The number of nitrogens with two attached hydrogens (primary N) is 6. The molecule has 8 rings (SSSR count). The van der Waals surface area contributed by atoms with Crippen LogP contribution in [-0.4, -0.2) is 93.6 Å². The number of halogens is 3. The monoisotopic (exact) mass is 994 g/mol. The van der Waals surface area contributed by atoms with E-state index in [-0.39, 0.29) is 102 Å². The van der Waals surface area contributed by atoms with E-state index in [1.54, 1.807) is 30.7 Å². The van der Waals surface area contributed by atoms with Crippen molar-refractivity contribution in [1.82, 2.24) is 35.2 Å². The highest BCUT2D eigenvalue weighted by Crippen LogP contribution is 2.43. The van der Waals surface area contributed by atoms with Gasteiger partial charge in [0.2, 0.25) is 0 Å². The predicted octanol–water partition coefficient (Wildman–Crippen LogP) is 6.90. The average molecular weight is 997 g/mol. The summed E-state index contributed by atoms with van der Waals surface area (Å²) < 4.78 is 11.4. The Labute approximate surface area is 404 Å². The summed E-state index contributed by atoms with van der Waals surface area (Å²) >= 11 is 20.4. The minimum atomic E-state index is 0. The van der Waals surface area contributed by atoms with Crippen LogP contribution < -0.4 is 44.6 Å². The third kappa shape index (κ3) is 13.3. The van der Waals surface area contributed by atoms with Gasteiger partial charge in [0.1, 0.15) is 32.7 Å². The van der Waals surface area contributed by atoms with Gasteiger partial charge in [0.15, 0.2) is 11.6 Å². The van der Waals surface area contributed by atoms with Gasteiger partial charge in [-0.3, -0.25) is 0 Å². The molecule has 8 heterocycles. The molecule has 0 aliphatic carbocycles. The van der Waals surface area contributed by atoms with E-state index < -0.39 is 0 Å². The molecule has 0 unspecified atom stereocenters. The van der Waals surface area contributed by atoms with E-state index in [2.05, 4.69) is 54.0 Å². The van der Waals surface area contributed by atoms with Crippen LogP contribution in [0.25, 0.3) is 0 Å². The van der Waals surface area contributed by atoms with E-state index >= 15 is 0 Å². The van der Waals surface area contributed by atoms with Gasteiger partial charge in [-0.2, -0.15) is 27.0 Å². The van der Waals surface area contributed by atoms with Gasteiger partial charge in [-0.25, -0.2) is 29.9 Å². The Morgan fingerprint density at radius 3 is 1.52 bits per heavy atom. The van der Waals surface area contributed by atoms with E-state index in [1.165, 1.54) is 42.6 Å². The van der Waals surface area contributed by atoms with Gasteiger partial charge in [-0.1, -0.05) is 80.6 Å². The second-order valence-electron chi connectivity index (χ2n) is 14.6. The second-order valence-corrected chi connectivity index (χ2v) is 17.8. The Balaban J connectivity index is 0.000000487. The zero-order valence-corrected chi connectivity index (χ0v) is 38.6. The van der Waals surface area contributed by atoms with Gasteiger partial charge in [0.05, 0.1) is 47.9 Å². The number of nitrogen functional groups attached to an aromatic ring is 4. The van der Waals surface area contributed by atoms with Crippen molar-refractivity contribution in [3.05, 3.63) is 52.1 Å². The standard InChI is InChI=1S/C18H24ClN7OS.C9H7Cl2N5S.C9H18N2O.3CH4.2H2S/c1-10-14(20)18(9-27-10)3-6-26(7-4-18)12-8-24-17(16(22)25-12)28-11-2-5-23-15(21)13(11)19;10-5-3-15-9(8(13)16-5)17-4-1-2-14-7(12)6(4)11;1-7-8(10)9(6-12-7)2-4-11-5-3-9;;;;;/h2,5,8,10,14H,3-4,6-7,9,20H2,1H3,(H2,21,23)(H2,22,25);1-3H,(H2,12,14)(H2,13,16);7-8,11H,2-6,10H2,1H3;3*1H4;2*1H2/t10-,14+;;7-,8+;;;;;/m0.0...../s1. The summed E-state index contributed by atoms with van der Waals surface area (Å²) in [5, 5.41) is 5.47. The van der Waals surface area contributed by atoms with Gasteiger partial charge >= 0.3 is 0 Å². The van der Waals surface area contributed by atoms with Crippen molar-refractivity contribution < 1.29 is 9.47 Å². The molecule has 4 aliphatic heterocycles. The molecule has 62 heavy (non-hydrogen) atoms. The summed E-state index contributed by atoms with van der Waals surface area (Å²) in [6, 6.07) is 3.83. The number of piperidine rings is 2. The van der Waals surface area contributed by atoms with Crippen molar-refractivity contribution in [2.75, 3.05) is 67.2 Å². The van der Waals surface area contributed by atoms with Crippen LogP contribution >= 0.6 is 85.3 Å². The van der Waals surface area contributed by atoms with Crippen LogP contribution in [0.1, 0.15) is 61.8 Å². The summed E-state index contributed by atoms with van der Waals surface area (Å²) in [5.41, 5.74) is 36.1. The van der Waals surface area contributed by atoms with E-state index in [1.807, 2.05) is 0 Å². The summed E-state index contributed by atoms with van der Waals surface area (Å²) in [7, 11) is 0. The van der Waals surface area contributed by atoms with Crippen molar-refractivity contribution in [2.45, 2.75) is 106 Å². The lowest BCUT2D eigenvalue weighted by atomic mass is 9.73. The summed E-state index contributed by atoms with van der Waals surface area (Å²) in [6.45, 7) is 9.67. The molecule has 16 nitrogen and oxygen atoms in total. The van der Waals surface area contributed by atoms with E-state index in [9.17, 15) is 0 Å². The number of nitrogens with one attached hydrogen (secondary N) is 1. The van der Waals surface area contributed by atoms with E-state index in [4.69, 9.17) is 78.7 Å². The third-order valence-electron chi connectivity index (χ3n) is 11.0. The van der Waals surface area contributed by atoms with Crippen molar-refractivity contribution in [1.29, 1.82) is 0 Å². The SMILES string of the molecule is C.C.C.C[C@@H]1OCC2(CCN(c3cnc(Sc4ccnc(N)c4Cl)c(N)n3)CC2)[C@@H]1N.C[C@@H]1OCC2(CCNCC2)[C@@H]1N.Nc1nc(Cl)cnc1Sc1ccnc(N)c1Cl.S.S. The minimum absolute atomic E-state index is 0. The lowest BCUT2D eigenvalue weighted by Crippen LogP contribution is -2.50. The molecule has 23 heteroatoms. The van der Waals surface area contributed by atoms with Crippen LogP contribution in [-0.2, 0) is 9.47 Å². The number of hydrogen-bond donors (Lipinski definition) is 7. The molecule has 4 atom stereocenters. The molecule has 2 spiro atoms. The molecule has 0 aromatic carbocycles.